The quantitative estimate of drug-likeness (QED) is 0.452. The molecule has 4 rings (SSSR count). The average molecular weight is 446 g/mol. The third kappa shape index (κ3) is 4.97. The van der Waals surface area contributed by atoms with Crippen LogP contribution in [-0.2, 0) is 4.74 Å². The molecule has 0 fully saturated rings. The van der Waals surface area contributed by atoms with Crippen LogP contribution in [0.4, 0.5) is 4.79 Å². The van der Waals surface area contributed by atoms with Gasteiger partial charge >= 0.3 is 6.09 Å². The summed E-state index contributed by atoms with van der Waals surface area (Å²) in [6, 6.07) is 22.8. The van der Waals surface area contributed by atoms with Crippen molar-refractivity contribution in [1.29, 1.82) is 0 Å². The number of rotatable bonds is 8. The van der Waals surface area contributed by atoms with E-state index in [9.17, 15) is 19.8 Å². The van der Waals surface area contributed by atoms with Crippen molar-refractivity contribution < 1.29 is 24.5 Å². The van der Waals surface area contributed by atoms with Gasteiger partial charge in [0.05, 0.1) is 6.10 Å². The first-order chi connectivity index (χ1) is 16.0. The summed E-state index contributed by atoms with van der Waals surface area (Å²) in [7, 11) is 0. The highest BCUT2D eigenvalue weighted by Crippen LogP contribution is 2.44. The van der Waals surface area contributed by atoms with Gasteiger partial charge in [-0.2, -0.15) is 0 Å². The highest BCUT2D eigenvalue weighted by atomic mass is 16.5. The summed E-state index contributed by atoms with van der Waals surface area (Å²) in [6.45, 7) is 1.80. The normalized spacial score (nSPS) is 14.2. The Morgan fingerprint density at radius 3 is 2.21 bits per heavy atom. The van der Waals surface area contributed by atoms with Crippen LogP contribution in [0.3, 0.4) is 0 Å². The molecule has 0 radical (unpaired) electrons. The van der Waals surface area contributed by atoms with E-state index in [2.05, 4.69) is 29.6 Å². The average Bonchev–Trinajstić information content (AvgIpc) is 3.16. The molecule has 0 saturated heterocycles. The van der Waals surface area contributed by atoms with Crippen molar-refractivity contribution >= 4 is 11.9 Å². The maximum Gasteiger partial charge on any atom is 0.407 e. The van der Waals surface area contributed by atoms with Gasteiger partial charge in [-0.1, -0.05) is 66.7 Å². The minimum Gasteiger partial charge on any atom is -0.449 e. The van der Waals surface area contributed by atoms with Crippen molar-refractivity contribution in [3.63, 3.8) is 0 Å². The first-order valence-corrected chi connectivity index (χ1v) is 11.0. The van der Waals surface area contributed by atoms with Gasteiger partial charge in [-0.05, 0) is 47.2 Å². The van der Waals surface area contributed by atoms with Gasteiger partial charge in [0.25, 0.3) is 0 Å². The smallest absolute Gasteiger partial charge is 0.407 e. The minimum absolute atomic E-state index is 0.0240. The van der Waals surface area contributed by atoms with Gasteiger partial charge in [0.15, 0.2) is 5.78 Å². The van der Waals surface area contributed by atoms with Gasteiger partial charge < -0.3 is 20.3 Å². The highest BCUT2D eigenvalue weighted by molar-refractivity contribution is 5.94. The molecule has 0 aromatic heterocycles. The van der Waals surface area contributed by atoms with E-state index in [1.54, 1.807) is 24.3 Å². The zero-order chi connectivity index (χ0) is 23.4. The molecule has 3 aromatic rings. The number of aliphatic hydroxyl groups is 2. The van der Waals surface area contributed by atoms with Crippen LogP contribution in [0.5, 0.6) is 0 Å². The van der Waals surface area contributed by atoms with Crippen molar-refractivity contribution in [2.24, 2.45) is 0 Å². The van der Waals surface area contributed by atoms with Crippen LogP contribution in [0.25, 0.3) is 11.1 Å². The third-order valence-corrected chi connectivity index (χ3v) is 6.05. The predicted octanol–water partition coefficient (Wildman–Crippen LogP) is 4.21. The summed E-state index contributed by atoms with van der Waals surface area (Å²) in [5.74, 6) is -0.139. The molecule has 1 aliphatic carbocycles. The molecule has 170 valence electrons. The number of amides is 1. The number of nitrogens with one attached hydrogen (secondary N) is 1. The van der Waals surface area contributed by atoms with Crippen LogP contribution < -0.4 is 5.32 Å². The van der Waals surface area contributed by atoms with E-state index >= 15 is 0 Å². The maximum atomic E-state index is 12.2. The molecule has 0 saturated carbocycles. The zero-order valence-corrected chi connectivity index (χ0v) is 18.4. The van der Waals surface area contributed by atoms with Gasteiger partial charge in [-0.15, -0.1) is 0 Å². The number of alkyl carbamates (subject to hydrolysis) is 1. The number of ether oxygens (including phenoxy) is 1. The van der Waals surface area contributed by atoms with E-state index in [4.69, 9.17) is 4.74 Å². The van der Waals surface area contributed by atoms with E-state index < -0.39 is 18.3 Å². The number of hydrogen-bond donors (Lipinski definition) is 3. The number of carbonyl (C=O) groups excluding carboxylic acids is 2. The first-order valence-electron chi connectivity index (χ1n) is 11.0. The highest BCUT2D eigenvalue weighted by Gasteiger charge is 2.29. The van der Waals surface area contributed by atoms with Crippen LogP contribution in [0, 0.1) is 0 Å². The Kier molecular flexibility index (Phi) is 6.87. The Balaban J connectivity index is 1.28. The van der Waals surface area contributed by atoms with Gasteiger partial charge in [0.1, 0.15) is 12.7 Å². The molecular formula is C27H27NO5. The number of fused-ring (bicyclic) bond motifs is 3. The molecule has 3 N–H and O–H groups in total. The lowest BCUT2D eigenvalue weighted by Gasteiger charge is -2.19. The van der Waals surface area contributed by atoms with Crippen LogP contribution >= 0.6 is 0 Å². The van der Waals surface area contributed by atoms with Crippen molar-refractivity contribution in [2.75, 3.05) is 13.2 Å². The fraction of sp³-hybridized carbons (Fsp3) is 0.259. The van der Waals surface area contributed by atoms with Crippen LogP contribution in [0.15, 0.2) is 72.8 Å². The molecule has 6 nitrogen and oxygen atoms in total. The van der Waals surface area contributed by atoms with Crippen LogP contribution in [0.2, 0.25) is 0 Å². The lowest BCUT2D eigenvalue weighted by Crippen LogP contribution is -2.30. The number of hydrogen-bond acceptors (Lipinski definition) is 5. The monoisotopic (exact) mass is 445 g/mol. The molecule has 2 unspecified atom stereocenters. The van der Waals surface area contributed by atoms with Crippen molar-refractivity contribution in [3.8, 4) is 11.1 Å². The molecular weight excluding hydrogens is 418 g/mol. The van der Waals surface area contributed by atoms with Gasteiger partial charge in [0.2, 0.25) is 0 Å². The summed E-state index contributed by atoms with van der Waals surface area (Å²) in [5.41, 5.74) is 5.52. The van der Waals surface area contributed by atoms with E-state index in [0.29, 0.717) is 11.1 Å². The lowest BCUT2D eigenvalue weighted by atomic mass is 9.98. The Morgan fingerprint density at radius 1 is 0.939 bits per heavy atom. The molecule has 0 bridgehead atoms. The molecule has 0 aliphatic heterocycles. The Bertz CT molecular complexity index is 1110. The number of ketones is 1. The summed E-state index contributed by atoms with van der Waals surface area (Å²) in [5, 5.41) is 23.3. The Morgan fingerprint density at radius 2 is 1.58 bits per heavy atom. The van der Waals surface area contributed by atoms with E-state index in [1.807, 2.05) is 24.3 Å². The Labute approximate surface area is 192 Å². The second-order valence-electron chi connectivity index (χ2n) is 8.23. The Hall–Kier alpha value is -3.48. The summed E-state index contributed by atoms with van der Waals surface area (Å²) < 4.78 is 5.48. The summed E-state index contributed by atoms with van der Waals surface area (Å²) >= 11 is 0. The molecule has 1 amide bonds. The van der Waals surface area contributed by atoms with Crippen LogP contribution in [-0.4, -0.2) is 41.3 Å². The van der Waals surface area contributed by atoms with Gasteiger partial charge in [-0.25, -0.2) is 4.79 Å². The van der Waals surface area contributed by atoms with Gasteiger partial charge in [0, 0.05) is 18.0 Å². The van der Waals surface area contributed by atoms with E-state index in [1.165, 1.54) is 6.92 Å². The van der Waals surface area contributed by atoms with Crippen molar-refractivity contribution in [3.05, 3.63) is 95.1 Å². The lowest BCUT2D eigenvalue weighted by molar-refractivity contribution is 0.0136. The molecule has 1 aliphatic rings. The van der Waals surface area contributed by atoms with E-state index in [-0.39, 0.29) is 31.3 Å². The molecule has 6 heteroatoms. The molecule has 3 aromatic carbocycles. The SMILES string of the molecule is CC(=O)c1cccc(C(O)C(O)CCNC(=O)OCC2c3ccccc3-c3ccccc32)c1. The van der Waals surface area contributed by atoms with Crippen LogP contribution in [0.1, 0.15) is 52.4 Å². The third-order valence-electron chi connectivity index (χ3n) is 6.05. The van der Waals surface area contributed by atoms with Gasteiger partial charge in [-0.3, -0.25) is 4.79 Å². The van der Waals surface area contributed by atoms with E-state index in [0.717, 1.165) is 22.3 Å². The summed E-state index contributed by atoms with van der Waals surface area (Å²) in [4.78, 5) is 23.8. The standard InChI is InChI=1S/C27H27NO5/c1-17(29)18-7-6-8-19(15-18)26(31)25(30)13-14-28-27(32)33-16-24-22-11-4-2-9-20(22)21-10-3-5-12-23(21)24/h2-12,15,24-26,30-31H,13-14,16H2,1H3,(H,28,32). The first kappa shape index (κ1) is 22.7. The van der Waals surface area contributed by atoms with Crippen molar-refractivity contribution in [2.45, 2.75) is 31.5 Å². The molecule has 0 heterocycles. The molecule has 0 spiro atoms. The molecule has 2 atom stereocenters. The van der Waals surface area contributed by atoms with Crippen molar-refractivity contribution in [1.82, 2.24) is 5.32 Å². The maximum absolute atomic E-state index is 12.2. The second kappa shape index (κ2) is 9.98. The number of benzene rings is 3. The zero-order valence-electron chi connectivity index (χ0n) is 18.4. The minimum atomic E-state index is -1.16. The fourth-order valence-corrected chi connectivity index (χ4v) is 4.29. The largest absolute Gasteiger partial charge is 0.449 e. The second-order valence-corrected chi connectivity index (χ2v) is 8.23. The number of Topliss-reactive ketones (excluding diaryl/α,β-unsaturated/α-hetero) is 1. The number of carbonyl (C=O) groups is 2. The fourth-order valence-electron chi connectivity index (χ4n) is 4.29. The summed E-state index contributed by atoms with van der Waals surface area (Å²) in [6.07, 6.45) is -2.69. The number of aliphatic hydroxyl groups excluding tert-OH is 2. The predicted molar refractivity (Wildman–Crippen MR) is 125 cm³/mol. The topological polar surface area (TPSA) is 95.9 Å². The molecule has 33 heavy (non-hydrogen) atoms.